The standard InChI is InChI=1S/C17H23N5O4/c1-21-11-15(24)22(17(21)26)10-4-7-14(23)20-13-6-3-2-5-12(13)16(25)19-9-8-18/h2-3,5-6H,4,7-11,18H2,1H3,(H,19,25)(H,20,23). The number of likely N-dealkylation sites (N-methyl/N-ethyl adjacent to an activating group) is 1. The van der Waals surface area contributed by atoms with Crippen molar-refractivity contribution in [2.24, 2.45) is 5.73 Å². The number of urea groups is 1. The smallest absolute Gasteiger partial charge is 0.326 e. The zero-order chi connectivity index (χ0) is 19.1. The lowest BCUT2D eigenvalue weighted by molar-refractivity contribution is -0.125. The zero-order valence-electron chi connectivity index (χ0n) is 14.7. The van der Waals surface area contributed by atoms with Crippen LogP contribution in [-0.4, -0.2) is 66.8 Å². The molecule has 0 bridgehead atoms. The molecule has 0 aliphatic carbocycles. The van der Waals surface area contributed by atoms with Crippen LogP contribution in [0.5, 0.6) is 0 Å². The Hall–Kier alpha value is -2.94. The zero-order valence-corrected chi connectivity index (χ0v) is 14.7. The molecule has 1 aromatic rings. The van der Waals surface area contributed by atoms with Crippen molar-refractivity contribution >= 4 is 29.4 Å². The van der Waals surface area contributed by atoms with Crippen molar-refractivity contribution in [1.82, 2.24) is 15.1 Å². The Morgan fingerprint density at radius 2 is 1.96 bits per heavy atom. The summed E-state index contributed by atoms with van der Waals surface area (Å²) in [6.07, 6.45) is 0.470. The van der Waals surface area contributed by atoms with Crippen molar-refractivity contribution in [2.45, 2.75) is 12.8 Å². The fourth-order valence-electron chi connectivity index (χ4n) is 2.57. The monoisotopic (exact) mass is 361 g/mol. The van der Waals surface area contributed by atoms with Crippen LogP contribution in [0.4, 0.5) is 10.5 Å². The van der Waals surface area contributed by atoms with Gasteiger partial charge in [0, 0.05) is 33.1 Å². The van der Waals surface area contributed by atoms with Crippen LogP contribution >= 0.6 is 0 Å². The van der Waals surface area contributed by atoms with Gasteiger partial charge in [0.2, 0.25) is 11.8 Å². The molecule has 5 amide bonds. The molecule has 1 saturated heterocycles. The van der Waals surface area contributed by atoms with Gasteiger partial charge in [-0.05, 0) is 18.6 Å². The van der Waals surface area contributed by atoms with Gasteiger partial charge in [0.1, 0.15) is 6.54 Å². The van der Waals surface area contributed by atoms with Crippen molar-refractivity contribution in [3.05, 3.63) is 29.8 Å². The average Bonchev–Trinajstić information content (AvgIpc) is 2.86. The van der Waals surface area contributed by atoms with Gasteiger partial charge in [-0.15, -0.1) is 0 Å². The summed E-state index contributed by atoms with van der Waals surface area (Å²) in [5, 5.41) is 5.35. The molecule has 26 heavy (non-hydrogen) atoms. The molecule has 9 nitrogen and oxygen atoms in total. The van der Waals surface area contributed by atoms with E-state index in [4.69, 9.17) is 5.73 Å². The fraction of sp³-hybridized carbons (Fsp3) is 0.412. The second-order valence-electron chi connectivity index (χ2n) is 5.93. The van der Waals surface area contributed by atoms with Gasteiger partial charge in [-0.3, -0.25) is 19.3 Å². The van der Waals surface area contributed by atoms with Gasteiger partial charge in [-0.1, -0.05) is 12.1 Å². The third kappa shape index (κ3) is 4.79. The van der Waals surface area contributed by atoms with Crippen molar-refractivity contribution in [2.75, 3.05) is 38.5 Å². The molecule has 1 aliphatic rings. The maximum Gasteiger partial charge on any atom is 0.326 e. The molecule has 0 atom stereocenters. The number of hydrogen-bond donors (Lipinski definition) is 3. The first-order valence-electron chi connectivity index (χ1n) is 8.36. The highest BCUT2D eigenvalue weighted by Crippen LogP contribution is 2.16. The summed E-state index contributed by atoms with van der Waals surface area (Å²) in [5.74, 6) is -0.876. The van der Waals surface area contributed by atoms with Crippen LogP contribution in [0.3, 0.4) is 0 Å². The number of carbonyl (C=O) groups is 4. The highest BCUT2D eigenvalue weighted by Gasteiger charge is 2.32. The first kappa shape index (κ1) is 19.4. The molecule has 0 spiro atoms. The predicted molar refractivity (Wildman–Crippen MR) is 95.4 cm³/mol. The molecule has 1 heterocycles. The lowest BCUT2D eigenvalue weighted by atomic mass is 10.1. The Morgan fingerprint density at radius 3 is 2.62 bits per heavy atom. The molecule has 0 unspecified atom stereocenters. The van der Waals surface area contributed by atoms with Gasteiger partial charge in [0.05, 0.1) is 11.3 Å². The Bertz CT molecular complexity index is 706. The third-order valence-corrected chi connectivity index (χ3v) is 3.89. The second-order valence-corrected chi connectivity index (χ2v) is 5.93. The summed E-state index contributed by atoms with van der Waals surface area (Å²) in [6.45, 7) is 0.918. The van der Waals surface area contributed by atoms with Crippen LogP contribution in [0.2, 0.25) is 0 Å². The number of imide groups is 1. The lowest BCUT2D eigenvalue weighted by Gasteiger charge is -2.14. The van der Waals surface area contributed by atoms with Crippen molar-refractivity contribution in [3.63, 3.8) is 0 Å². The van der Waals surface area contributed by atoms with Gasteiger partial charge in [0.15, 0.2) is 0 Å². The lowest BCUT2D eigenvalue weighted by Crippen LogP contribution is -2.33. The molecule has 2 rings (SSSR count). The molecular formula is C17H23N5O4. The number of benzene rings is 1. The molecule has 1 aromatic carbocycles. The highest BCUT2D eigenvalue weighted by atomic mass is 16.2. The van der Waals surface area contributed by atoms with E-state index in [0.29, 0.717) is 30.8 Å². The fourth-order valence-corrected chi connectivity index (χ4v) is 2.57. The summed E-state index contributed by atoms with van der Waals surface area (Å²) in [5.41, 5.74) is 6.12. The van der Waals surface area contributed by atoms with E-state index in [9.17, 15) is 19.2 Å². The third-order valence-electron chi connectivity index (χ3n) is 3.89. The van der Waals surface area contributed by atoms with Crippen molar-refractivity contribution in [3.8, 4) is 0 Å². The number of nitrogens with two attached hydrogens (primary N) is 1. The minimum Gasteiger partial charge on any atom is -0.351 e. The summed E-state index contributed by atoms with van der Waals surface area (Å²) in [7, 11) is 1.56. The molecule has 4 N–H and O–H groups in total. The van der Waals surface area contributed by atoms with E-state index in [0.717, 1.165) is 4.90 Å². The SMILES string of the molecule is CN1CC(=O)N(CCCC(=O)Nc2ccccc2C(=O)NCCN)C1=O. The number of anilines is 1. The number of amides is 5. The first-order chi connectivity index (χ1) is 12.4. The molecule has 9 heteroatoms. The Balaban J connectivity index is 1.87. The van der Waals surface area contributed by atoms with E-state index < -0.39 is 0 Å². The highest BCUT2D eigenvalue weighted by molar-refractivity contribution is 6.04. The number of rotatable bonds is 8. The van der Waals surface area contributed by atoms with E-state index in [-0.39, 0.29) is 43.3 Å². The van der Waals surface area contributed by atoms with Crippen LogP contribution in [0.25, 0.3) is 0 Å². The maximum atomic E-state index is 12.1. The maximum absolute atomic E-state index is 12.1. The van der Waals surface area contributed by atoms with Crippen LogP contribution in [0.15, 0.2) is 24.3 Å². The van der Waals surface area contributed by atoms with Gasteiger partial charge < -0.3 is 21.3 Å². The summed E-state index contributed by atoms with van der Waals surface area (Å²) >= 11 is 0. The molecular weight excluding hydrogens is 338 g/mol. The van der Waals surface area contributed by atoms with Crippen LogP contribution in [0.1, 0.15) is 23.2 Å². The Morgan fingerprint density at radius 1 is 1.23 bits per heavy atom. The predicted octanol–water partition coefficient (Wildman–Crippen LogP) is -0.0122. The molecule has 0 saturated carbocycles. The minimum atomic E-state index is -0.350. The van der Waals surface area contributed by atoms with Gasteiger partial charge in [-0.2, -0.15) is 0 Å². The topological polar surface area (TPSA) is 125 Å². The van der Waals surface area contributed by atoms with Crippen molar-refractivity contribution in [1.29, 1.82) is 0 Å². The van der Waals surface area contributed by atoms with E-state index in [1.807, 2.05) is 0 Å². The van der Waals surface area contributed by atoms with E-state index in [1.165, 1.54) is 4.90 Å². The van der Waals surface area contributed by atoms with Gasteiger partial charge in [0.25, 0.3) is 5.91 Å². The van der Waals surface area contributed by atoms with Crippen LogP contribution in [-0.2, 0) is 9.59 Å². The largest absolute Gasteiger partial charge is 0.351 e. The molecule has 1 fully saturated rings. The molecule has 0 aromatic heterocycles. The molecule has 1 aliphatic heterocycles. The van der Waals surface area contributed by atoms with E-state index in [1.54, 1.807) is 31.3 Å². The molecule has 0 radical (unpaired) electrons. The second kappa shape index (κ2) is 8.95. The normalized spacial score (nSPS) is 13.9. The number of carbonyl (C=O) groups excluding carboxylic acids is 4. The average molecular weight is 361 g/mol. The first-order valence-corrected chi connectivity index (χ1v) is 8.36. The van der Waals surface area contributed by atoms with Crippen molar-refractivity contribution < 1.29 is 19.2 Å². The van der Waals surface area contributed by atoms with Gasteiger partial charge in [-0.25, -0.2) is 4.79 Å². The molecule has 140 valence electrons. The Kier molecular flexibility index (Phi) is 6.67. The number of nitrogens with zero attached hydrogens (tertiary/aromatic N) is 2. The van der Waals surface area contributed by atoms with E-state index >= 15 is 0 Å². The summed E-state index contributed by atoms with van der Waals surface area (Å²) < 4.78 is 0. The number of para-hydroxylation sites is 1. The van der Waals surface area contributed by atoms with Crippen LogP contribution in [0, 0.1) is 0 Å². The summed E-state index contributed by atoms with van der Waals surface area (Å²) in [4.78, 5) is 50.1. The van der Waals surface area contributed by atoms with E-state index in [2.05, 4.69) is 10.6 Å². The number of nitrogens with one attached hydrogen (secondary N) is 2. The minimum absolute atomic E-state index is 0.0658. The quantitative estimate of drug-likeness (QED) is 0.562. The van der Waals surface area contributed by atoms with Crippen LogP contribution < -0.4 is 16.4 Å². The Labute approximate surface area is 151 Å². The van der Waals surface area contributed by atoms with Gasteiger partial charge >= 0.3 is 6.03 Å². The number of hydrogen-bond acceptors (Lipinski definition) is 5. The summed E-state index contributed by atoms with van der Waals surface area (Å²) in [6, 6.07) is 6.31.